The molecule has 0 aliphatic carbocycles. The summed E-state index contributed by atoms with van der Waals surface area (Å²) in [6, 6.07) is 30.3. The largest absolute Gasteiger partial charge is 0.375 e. The van der Waals surface area contributed by atoms with Gasteiger partial charge in [0.1, 0.15) is 0 Å². The lowest BCUT2D eigenvalue weighted by Crippen LogP contribution is -2.55. The Morgan fingerprint density at radius 1 is 0.692 bits per heavy atom. The molecule has 0 aromatic heterocycles. The number of benzene rings is 3. The molecule has 1 heterocycles. The molecule has 0 amide bonds. The third-order valence-electron chi connectivity index (χ3n) is 5.06. The van der Waals surface area contributed by atoms with E-state index < -0.39 is 11.7 Å². The molecule has 0 spiro atoms. The first-order chi connectivity index (χ1) is 12.8. The number of halogens is 1. The van der Waals surface area contributed by atoms with Gasteiger partial charge in [-0.2, -0.15) is 5.32 Å². The first-order valence-electron chi connectivity index (χ1n) is 8.90. The van der Waals surface area contributed by atoms with Crippen LogP contribution in [0.15, 0.2) is 91.0 Å². The first kappa shape index (κ1) is 17.0. The molecule has 3 aromatic rings. The fourth-order valence-corrected chi connectivity index (χ4v) is 3.98. The Bertz CT molecular complexity index is 726. The maximum Gasteiger partial charge on any atom is 0.190 e. The molecule has 131 valence electrons. The summed E-state index contributed by atoms with van der Waals surface area (Å²) in [5, 5.41) is 4.49. The second-order valence-electron chi connectivity index (χ2n) is 6.54. The van der Waals surface area contributed by atoms with E-state index in [1.54, 1.807) is 0 Å². The van der Waals surface area contributed by atoms with Crippen LogP contribution in [0.1, 0.15) is 16.7 Å². The highest BCUT2D eigenvalue weighted by atomic mass is 19.1. The minimum absolute atomic E-state index is 0.0327. The molecule has 1 radical (unpaired) electrons. The lowest BCUT2D eigenvalue weighted by Gasteiger charge is -2.44. The van der Waals surface area contributed by atoms with Gasteiger partial charge in [-0.25, -0.2) is 4.39 Å². The number of alkyl halides is 1. The lowest BCUT2D eigenvalue weighted by molar-refractivity contribution is -0.0145. The number of nitrogens with zero attached hydrogens (tertiary/aromatic N) is 1. The molecule has 3 aromatic carbocycles. The van der Waals surface area contributed by atoms with Crippen molar-refractivity contribution in [2.75, 3.05) is 13.2 Å². The minimum atomic E-state index is -1.30. The third-order valence-corrected chi connectivity index (χ3v) is 5.06. The van der Waals surface area contributed by atoms with Crippen LogP contribution >= 0.6 is 0 Å². The van der Waals surface area contributed by atoms with E-state index >= 15 is 0 Å². The summed E-state index contributed by atoms with van der Waals surface area (Å²) < 4.78 is 19.8. The molecule has 26 heavy (non-hydrogen) atoms. The van der Waals surface area contributed by atoms with Crippen LogP contribution in [0, 0.1) is 0 Å². The van der Waals surface area contributed by atoms with Crippen LogP contribution in [0.3, 0.4) is 0 Å². The van der Waals surface area contributed by atoms with E-state index in [9.17, 15) is 4.39 Å². The second kappa shape index (κ2) is 7.40. The van der Waals surface area contributed by atoms with Crippen molar-refractivity contribution < 1.29 is 9.13 Å². The maximum absolute atomic E-state index is 14.2. The normalized spacial score (nSPS) is 20.7. The molecule has 3 heteroatoms. The predicted molar refractivity (Wildman–Crippen MR) is 101 cm³/mol. The van der Waals surface area contributed by atoms with E-state index in [0.717, 1.165) is 16.7 Å². The standard InChI is InChI=1S/C23H21FNO/c24-22-17-26-16-21(25-22)23(18-10-4-1-5-11-18,19-12-6-2-7-13-19)20-14-8-3-9-15-20/h1-15,21-22H,16-17H2. The van der Waals surface area contributed by atoms with Crippen molar-refractivity contribution in [1.82, 2.24) is 5.32 Å². The van der Waals surface area contributed by atoms with Crippen molar-refractivity contribution in [2.45, 2.75) is 17.8 Å². The average molecular weight is 346 g/mol. The van der Waals surface area contributed by atoms with Crippen LogP contribution in [0.25, 0.3) is 0 Å². The predicted octanol–water partition coefficient (Wildman–Crippen LogP) is 4.32. The Labute approximate surface area is 153 Å². The van der Waals surface area contributed by atoms with Gasteiger partial charge in [0.05, 0.1) is 24.7 Å². The van der Waals surface area contributed by atoms with E-state index in [2.05, 4.69) is 41.7 Å². The summed E-state index contributed by atoms with van der Waals surface area (Å²) in [6.45, 7) is 0.421. The fourth-order valence-electron chi connectivity index (χ4n) is 3.98. The van der Waals surface area contributed by atoms with Gasteiger partial charge in [0.15, 0.2) is 6.30 Å². The molecule has 1 aliphatic rings. The maximum atomic E-state index is 14.2. The highest BCUT2D eigenvalue weighted by Crippen LogP contribution is 2.43. The number of morpholine rings is 1. The Balaban J connectivity index is 2.00. The molecular weight excluding hydrogens is 325 g/mol. The molecule has 2 unspecified atom stereocenters. The van der Waals surface area contributed by atoms with E-state index in [4.69, 9.17) is 4.74 Å². The van der Waals surface area contributed by atoms with Gasteiger partial charge >= 0.3 is 0 Å². The second-order valence-corrected chi connectivity index (χ2v) is 6.54. The van der Waals surface area contributed by atoms with E-state index in [-0.39, 0.29) is 12.6 Å². The van der Waals surface area contributed by atoms with Crippen LogP contribution in [-0.4, -0.2) is 25.6 Å². The first-order valence-corrected chi connectivity index (χ1v) is 8.90. The number of hydrogen-bond donors (Lipinski definition) is 0. The zero-order valence-electron chi connectivity index (χ0n) is 14.5. The molecule has 0 bridgehead atoms. The van der Waals surface area contributed by atoms with Crippen LogP contribution in [0.5, 0.6) is 0 Å². The molecular formula is C23H21FNO. The smallest absolute Gasteiger partial charge is 0.190 e. The number of ether oxygens (including phenoxy) is 1. The monoisotopic (exact) mass is 346 g/mol. The topological polar surface area (TPSA) is 23.3 Å². The van der Waals surface area contributed by atoms with Gasteiger partial charge in [-0.15, -0.1) is 0 Å². The van der Waals surface area contributed by atoms with Gasteiger partial charge < -0.3 is 4.74 Å². The van der Waals surface area contributed by atoms with Crippen LogP contribution in [0.4, 0.5) is 4.39 Å². The number of rotatable bonds is 4. The zero-order chi connectivity index (χ0) is 17.8. The summed E-state index contributed by atoms with van der Waals surface area (Å²) in [5.74, 6) is 0. The fraction of sp³-hybridized carbons (Fsp3) is 0.217. The molecule has 1 aliphatic heterocycles. The van der Waals surface area contributed by atoms with Crippen molar-refractivity contribution in [3.05, 3.63) is 108 Å². The lowest BCUT2D eigenvalue weighted by atomic mass is 9.64. The molecule has 0 saturated carbocycles. The highest BCUT2D eigenvalue weighted by molar-refractivity contribution is 5.52. The quantitative estimate of drug-likeness (QED) is 0.510. The summed E-state index contributed by atoms with van der Waals surface area (Å²) in [5.41, 5.74) is 2.66. The van der Waals surface area contributed by atoms with Crippen LogP contribution < -0.4 is 5.32 Å². The van der Waals surface area contributed by atoms with Gasteiger partial charge in [0.25, 0.3) is 0 Å². The van der Waals surface area contributed by atoms with Crippen LogP contribution in [-0.2, 0) is 10.2 Å². The molecule has 1 saturated heterocycles. The van der Waals surface area contributed by atoms with E-state index in [1.807, 2.05) is 54.6 Å². The molecule has 1 fully saturated rings. The average Bonchev–Trinajstić information content (AvgIpc) is 2.71. The van der Waals surface area contributed by atoms with Crippen molar-refractivity contribution in [3.63, 3.8) is 0 Å². The minimum Gasteiger partial charge on any atom is -0.375 e. The van der Waals surface area contributed by atoms with Gasteiger partial charge in [-0.1, -0.05) is 91.0 Å². The Morgan fingerprint density at radius 2 is 1.12 bits per heavy atom. The van der Waals surface area contributed by atoms with E-state index in [1.165, 1.54) is 0 Å². The van der Waals surface area contributed by atoms with Crippen LogP contribution in [0.2, 0.25) is 0 Å². The van der Waals surface area contributed by atoms with Crippen molar-refractivity contribution in [2.24, 2.45) is 0 Å². The van der Waals surface area contributed by atoms with Gasteiger partial charge in [0, 0.05) is 0 Å². The molecule has 2 nitrogen and oxygen atoms in total. The Hall–Kier alpha value is -2.49. The van der Waals surface area contributed by atoms with Crippen molar-refractivity contribution in [1.29, 1.82) is 0 Å². The SMILES string of the molecule is FC1COCC(C(c2ccccc2)(c2ccccc2)c2ccccc2)[N]1. The molecule has 4 rings (SSSR count). The summed E-state index contributed by atoms with van der Waals surface area (Å²) in [6.07, 6.45) is -1.30. The zero-order valence-corrected chi connectivity index (χ0v) is 14.5. The Kier molecular flexibility index (Phi) is 4.83. The Morgan fingerprint density at radius 3 is 1.50 bits per heavy atom. The summed E-state index contributed by atoms with van der Waals surface area (Å²) >= 11 is 0. The van der Waals surface area contributed by atoms with Gasteiger partial charge in [-0.05, 0) is 16.7 Å². The number of hydrogen-bond acceptors (Lipinski definition) is 1. The van der Waals surface area contributed by atoms with Crippen molar-refractivity contribution in [3.8, 4) is 0 Å². The van der Waals surface area contributed by atoms with Crippen molar-refractivity contribution >= 4 is 0 Å². The van der Waals surface area contributed by atoms with E-state index in [0.29, 0.717) is 6.61 Å². The van der Waals surface area contributed by atoms with Gasteiger partial charge in [-0.3, -0.25) is 0 Å². The third kappa shape index (κ3) is 2.94. The summed E-state index contributed by atoms with van der Waals surface area (Å²) in [4.78, 5) is 0. The highest BCUT2D eigenvalue weighted by Gasteiger charge is 2.46. The molecule has 2 atom stereocenters. The molecule has 0 N–H and O–H groups in total. The summed E-state index contributed by atoms with van der Waals surface area (Å²) in [7, 11) is 0. The van der Waals surface area contributed by atoms with Gasteiger partial charge in [0.2, 0.25) is 0 Å².